The molecule has 0 spiro atoms. The molecular weight excluding hydrogens is 254 g/mol. The maximum Gasteiger partial charge on any atom is 0.411 e. The molecule has 0 bridgehead atoms. The van der Waals surface area contributed by atoms with Gasteiger partial charge in [0.15, 0.2) is 0 Å². The van der Waals surface area contributed by atoms with Crippen molar-refractivity contribution >= 4 is 22.7 Å². The number of rotatable bonds is 1. The molecule has 104 valence electrons. The third-order valence-corrected chi connectivity index (χ3v) is 3.77. The van der Waals surface area contributed by atoms with E-state index < -0.39 is 6.09 Å². The fourth-order valence-electron chi connectivity index (χ4n) is 2.66. The molecule has 1 atom stereocenters. The SMILES string of the molecule is Cc1[nH]nc2ccc(C3=CCC(C)CN3C(=O)O)cc12. The number of aromatic nitrogens is 2. The minimum absolute atomic E-state index is 0.356. The van der Waals surface area contributed by atoms with Crippen LogP contribution in [0.4, 0.5) is 4.79 Å². The van der Waals surface area contributed by atoms with Crippen molar-refractivity contribution in [2.45, 2.75) is 20.3 Å². The van der Waals surface area contributed by atoms with Gasteiger partial charge in [-0.25, -0.2) is 4.79 Å². The van der Waals surface area contributed by atoms with Crippen LogP contribution in [0.5, 0.6) is 0 Å². The predicted molar refractivity (Wildman–Crippen MR) is 77.3 cm³/mol. The van der Waals surface area contributed by atoms with Crippen molar-refractivity contribution in [3.8, 4) is 0 Å². The number of benzene rings is 1. The van der Waals surface area contributed by atoms with Crippen LogP contribution in [0.2, 0.25) is 0 Å². The number of nitrogens with zero attached hydrogens (tertiary/aromatic N) is 2. The molecule has 2 N–H and O–H groups in total. The number of carboxylic acid groups (broad SMARTS) is 1. The van der Waals surface area contributed by atoms with Crippen LogP contribution in [0.25, 0.3) is 16.6 Å². The summed E-state index contributed by atoms with van der Waals surface area (Å²) < 4.78 is 0. The minimum atomic E-state index is -0.896. The van der Waals surface area contributed by atoms with E-state index in [4.69, 9.17) is 0 Å². The van der Waals surface area contributed by atoms with Gasteiger partial charge in [-0.05, 0) is 37.0 Å². The summed E-state index contributed by atoms with van der Waals surface area (Å²) in [5, 5.41) is 17.6. The number of carbonyl (C=O) groups is 1. The fraction of sp³-hybridized carbons (Fsp3) is 0.333. The third kappa shape index (κ3) is 2.05. The van der Waals surface area contributed by atoms with Crippen LogP contribution in [-0.4, -0.2) is 32.8 Å². The highest BCUT2D eigenvalue weighted by Crippen LogP contribution is 2.29. The number of H-pyrrole nitrogens is 1. The van der Waals surface area contributed by atoms with Gasteiger partial charge in [-0.15, -0.1) is 0 Å². The third-order valence-electron chi connectivity index (χ3n) is 3.77. The zero-order valence-electron chi connectivity index (χ0n) is 11.6. The Morgan fingerprint density at radius 3 is 3.05 bits per heavy atom. The number of nitrogens with one attached hydrogen (secondary N) is 1. The molecule has 0 radical (unpaired) electrons. The Balaban J connectivity index is 2.08. The quantitative estimate of drug-likeness (QED) is 0.836. The van der Waals surface area contributed by atoms with Gasteiger partial charge < -0.3 is 5.11 Å². The second-order valence-corrected chi connectivity index (χ2v) is 5.40. The second kappa shape index (κ2) is 4.67. The summed E-state index contributed by atoms with van der Waals surface area (Å²) in [4.78, 5) is 12.9. The molecule has 5 heteroatoms. The Kier molecular flexibility index (Phi) is 2.97. The molecule has 1 aliphatic rings. The molecule has 20 heavy (non-hydrogen) atoms. The second-order valence-electron chi connectivity index (χ2n) is 5.40. The molecule has 0 fully saturated rings. The van der Waals surface area contributed by atoms with Crippen molar-refractivity contribution in [1.82, 2.24) is 15.1 Å². The maximum absolute atomic E-state index is 11.4. The Morgan fingerprint density at radius 1 is 1.50 bits per heavy atom. The Bertz CT molecular complexity index is 702. The smallest absolute Gasteiger partial charge is 0.411 e. The van der Waals surface area contributed by atoms with Gasteiger partial charge in [0.05, 0.1) is 11.2 Å². The van der Waals surface area contributed by atoms with E-state index >= 15 is 0 Å². The lowest BCUT2D eigenvalue weighted by Crippen LogP contribution is -2.34. The van der Waals surface area contributed by atoms with E-state index in [1.165, 1.54) is 4.90 Å². The number of aromatic amines is 1. The highest BCUT2D eigenvalue weighted by Gasteiger charge is 2.24. The molecule has 1 aliphatic heterocycles. The summed E-state index contributed by atoms with van der Waals surface area (Å²) in [5.41, 5.74) is 3.60. The zero-order valence-corrected chi connectivity index (χ0v) is 11.6. The van der Waals surface area contributed by atoms with Crippen molar-refractivity contribution in [3.05, 3.63) is 35.5 Å². The topological polar surface area (TPSA) is 69.2 Å². The van der Waals surface area contributed by atoms with Crippen LogP contribution in [0, 0.1) is 12.8 Å². The van der Waals surface area contributed by atoms with Gasteiger partial charge in [0.25, 0.3) is 0 Å². The van der Waals surface area contributed by atoms with Gasteiger partial charge in [0.1, 0.15) is 0 Å². The van der Waals surface area contributed by atoms with Crippen molar-refractivity contribution in [3.63, 3.8) is 0 Å². The molecule has 1 aromatic heterocycles. The molecule has 2 heterocycles. The molecule has 0 saturated carbocycles. The number of fused-ring (bicyclic) bond motifs is 1. The minimum Gasteiger partial charge on any atom is -0.465 e. The number of amides is 1. The number of hydrogen-bond donors (Lipinski definition) is 2. The van der Waals surface area contributed by atoms with E-state index in [0.717, 1.165) is 34.3 Å². The Hall–Kier alpha value is -2.30. The first-order valence-corrected chi connectivity index (χ1v) is 6.72. The monoisotopic (exact) mass is 271 g/mol. The van der Waals surface area contributed by atoms with Crippen molar-refractivity contribution in [2.24, 2.45) is 5.92 Å². The van der Waals surface area contributed by atoms with Crippen LogP contribution >= 0.6 is 0 Å². The average Bonchev–Trinajstić information content (AvgIpc) is 2.80. The lowest BCUT2D eigenvalue weighted by molar-refractivity contribution is 0.159. The largest absolute Gasteiger partial charge is 0.465 e. The van der Waals surface area contributed by atoms with Crippen molar-refractivity contribution in [1.29, 1.82) is 0 Å². The van der Waals surface area contributed by atoms with Gasteiger partial charge >= 0.3 is 6.09 Å². The summed E-state index contributed by atoms with van der Waals surface area (Å²) in [5.74, 6) is 0.356. The van der Waals surface area contributed by atoms with Crippen LogP contribution < -0.4 is 0 Å². The van der Waals surface area contributed by atoms with Gasteiger partial charge in [-0.2, -0.15) is 5.10 Å². The molecule has 1 unspecified atom stereocenters. The van der Waals surface area contributed by atoms with E-state index in [2.05, 4.69) is 17.1 Å². The van der Waals surface area contributed by atoms with Crippen LogP contribution in [-0.2, 0) is 0 Å². The van der Waals surface area contributed by atoms with Gasteiger partial charge in [0.2, 0.25) is 0 Å². The van der Waals surface area contributed by atoms with Gasteiger partial charge in [0, 0.05) is 17.6 Å². The normalized spacial score (nSPS) is 19.2. The predicted octanol–water partition coefficient (Wildman–Crippen LogP) is 3.23. The first kappa shape index (κ1) is 12.7. The van der Waals surface area contributed by atoms with E-state index in [9.17, 15) is 9.90 Å². The summed E-state index contributed by atoms with van der Waals surface area (Å²) in [6.45, 7) is 4.57. The maximum atomic E-state index is 11.4. The number of hydrogen-bond acceptors (Lipinski definition) is 2. The van der Waals surface area contributed by atoms with Crippen LogP contribution in [0.1, 0.15) is 24.6 Å². The van der Waals surface area contributed by atoms with Crippen molar-refractivity contribution < 1.29 is 9.90 Å². The van der Waals surface area contributed by atoms with Gasteiger partial charge in [-0.3, -0.25) is 10.00 Å². The first-order chi connectivity index (χ1) is 9.56. The van der Waals surface area contributed by atoms with Gasteiger partial charge in [-0.1, -0.05) is 19.1 Å². The molecule has 0 saturated heterocycles. The van der Waals surface area contributed by atoms with Crippen molar-refractivity contribution in [2.75, 3.05) is 6.54 Å². The van der Waals surface area contributed by atoms with E-state index in [1.54, 1.807) is 0 Å². The number of aryl methyl sites for hydroxylation is 1. The standard InChI is InChI=1S/C15H17N3O2/c1-9-3-6-14(18(8-9)15(19)20)11-4-5-13-12(7-11)10(2)16-17-13/h4-7,9H,3,8H2,1-2H3,(H,16,17)(H,19,20). The first-order valence-electron chi connectivity index (χ1n) is 6.72. The molecule has 1 amide bonds. The molecule has 2 aromatic rings. The van der Waals surface area contributed by atoms with Crippen LogP contribution in [0.15, 0.2) is 24.3 Å². The Morgan fingerprint density at radius 2 is 2.30 bits per heavy atom. The lowest BCUT2D eigenvalue weighted by atomic mass is 9.98. The van der Waals surface area contributed by atoms with Crippen LogP contribution in [0.3, 0.4) is 0 Å². The fourth-order valence-corrected chi connectivity index (χ4v) is 2.66. The van der Waals surface area contributed by atoms with E-state index in [-0.39, 0.29) is 0 Å². The molecule has 1 aromatic carbocycles. The summed E-state index contributed by atoms with van der Waals surface area (Å²) in [7, 11) is 0. The molecule has 3 rings (SSSR count). The highest BCUT2D eigenvalue weighted by atomic mass is 16.4. The summed E-state index contributed by atoms with van der Waals surface area (Å²) in [6.07, 6.45) is 2.02. The molecular formula is C15H17N3O2. The number of allylic oxidation sites excluding steroid dienone is 1. The zero-order chi connectivity index (χ0) is 14.3. The summed E-state index contributed by atoms with van der Waals surface area (Å²) >= 11 is 0. The lowest BCUT2D eigenvalue weighted by Gasteiger charge is -2.30. The average molecular weight is 271 g/mol. The summed E-state index contributed by atoms with van der Waals surface area (Å²) in [6, 6.07) is 5.86. The molecule has 0 aliphatic carbocycles. The van der Waals surface area contributed by atoms with E-state index in [0.29, 0.717) is 12.5 Å². The highest BCUT2D eigenvalue weighted by molar-refractivity contribution is 5.88. The van der Waals surface area contributed by atoms with E-state index in [1.807, 2.05) is 31.2 Å². The Labute approximate surface area is 116 Å². The molecule has 5 nitrogen and oxygen atoms in total.